The molecule has 186 valence electrons. The number of nitrogens with one attached hydrogen (secondary N) is 2. The van der Waals surface area contributed by atoms with Crippen LogP contribution in [0.1, 0.15) is 31.2 Å². The standard InChI is InChI=1S/C22H29F3N6O2S/c1-30(2)14-16-9-7-15(8-10-16)11-26-20-18(31(32)33)13-28-21(29-20)27-12-17-5-3-4-6-19(17)34-22(23,24)25/h3-6,13,15-16H,7-12,14H2,1-2H3,(H2,26,27,28,29). The van der Waals surface area contributed by atoms with Gasteiger partial charge in [-0.25, -0.2) is 4.98 Å². The Bertz CT molecular complexity index is 968. The topological polar surface area (TPSA) is 96.2 Å². The molecule has 1 aromatic heterocycles. The van der Waals surface area contributed by atoms with Crippen molar-refractivity contribution >= 4 is 29.2 Å². The van der Waals surface area contributed by atoms with Crippen LogP contribution < -0.4 is 10.6 Å². The predicted octanol–water partition coefficient (Wildman–Crippen LogP) is 5.39. The normalized spacial score (nSPS) is 18.6. The van der Waals surface area contributed by atoms with E-state index in [2.05, 4.69) is 39.6 Å². The number of anilines is 2. The fourth-order valence-corrected chi connectivity index (χ4v) is 4.82. The number of hydrogen-bond acceptors (Lipinski definition) is 8. The molecule has 1 saturated carbocycles. The third-order valence-electron chi connectivity index (χ3n) is 5.75. The lowest BCUT2D eigenvalue weighted by atomic mass is 9.82. The van der Waals surface area contributed by atoms with Gasteiger partial charge in [0.25, 0.3) is 0 Å². The molecule has 8 nitrogen and oxygen atoms in total. The van der Waals surface area contributed by atoms with Crippen LogP contribution in [0.5, 0.6) is 0 Å². The molecule has 1 heterocycles. The van der Waals surface area contributed by atoms with Gasteiger partial charge in [-0.15, -0.1) is 0 Å². The molecule has 1 aliphatic carbocycles. The quantitative estimate of drug-likeness (QED) is 0.256. The number of nitro groups is 1. The van der Waals surface area contributed by atoms with E-state index in [-0.39, 0.29) is 40.7 Å². The van der Waals surface area contributed by atoms with E-state index in [1.54, 1.807) is 12.1 Å². The summed E-state index contributed by atoms with van der Waals surface area (Å²) in [7, 11) is 4.14. The summed E-state index contributed by atoms with van der Waals surface area (Å²) in [6, 6.07) is 6.16. The monoisotopic (exact) mass is 498 g/mol. The summed E-state index contributed by atoms with van der Waals surface area (Å²) in [6.07, 6.45) is 5.45. The van der Waals surface area contributed by atoms with Crippen LogP contribution >= 0.6 is 11.8 Å². The van der Waals surface area contributed by atoms with Gasteiger partial charge in [0.15, 0.2) is 0 Å². The number of aromatic nitrogens is 2. The highest BCUT2D eigenvalue weighted by Crippen LogP contribution is 2.38. The number of thioether (sulfide) groups is 1. The molecule has 1 fully saturated rings. The Kier molecular flexibility index (Phi) is 8.95. The van der Waals surface area contributed by atoms with Crippen LogP contribution in [0.3, 0.4) is 0 Å². The average molecular weight is 499 g/mol. The maximum atomic E-state index is 12.8. The Balaban J connectivity index is 1.63. The Morgan fingerprint density at radius 3 is 2.47 bits per heavy atom. The maximum Gasteiger partial charge on any atom is 0.446 e. The predicted molar refractivity (Wildman–Crippen MR) is 127 cm³/mol. The molecule has 3 rings (SSSR count). The molecule has 0 saturated heterocycles. The van der Waals surface area contributed by atoms with Crippen LogP contribution in [-0.4, -0.2) is 52.5 Å². The number of benzene rings is 1. The number of halogens is 3. The molecule has 0 amide bonds. The average Bonchev–Trinajstić information content (AvgIpc) is 2.76. The fraction of sp³-hybridized carbons (Fsp3) is 0.545. The lowest BCUT2D eigenvalue weighted by molar-refractivity contribution is -0.384. The van der Waals surface area contributed by atoms with Crippen molar-refractivity contribution in [2.24, 2.45) is 11.8 Å². The molecule has 0 atom stereocenters. The SMILES string of the molecule is CN(C)CC1CCC(CNc2nc(NCc3ccccc3SC(F)(F)F)ncc2[N+](=O)[O-])CC1. The molecule has 0 aliphatic heterocycles. The number of hydrogen-bond donors (Lipinski definition) is 2. The summed E-state index contributed by atoms with van der Waals surface area (Å²) in [5, 5.41) is 17.4. The van der Waals surface area contributed by atoms with Gasteiger partial charge in [0.2, 0.25) is 11.8 Å². The van der Waals surface area contributed by atoms with Crippen LogP contribution in [0.15, 0.2) is 35.4 Å². The number of alkyl halides is 3. The van der Waals surface area contributed by atoms with Gasteiger partial charge in [0, 0.05) is 24.5 Å². The third kappa shape index (κ3) is 8.01. The Morgan fingerprint density at radius 1 is 1.15 bits per heavy atom. The van der Waals surface area contributed by atoms with Gasteiger partial charge in [-0.1, -0.05) is 18.2 Å². The van der Waals surface area contributed by atoms with Gasteiger partial charge in [0.05, 0.1) is 4.92 Å². The largest absolute Gasteiger partial charge is 0.446 e. The first kappa shape index (κ1) is 26.0. The van der Waals surface area contributed by atoms with Crippen molar-refractivity contribution in [2.75, 3.05) is 37.8 Å². The zero-order chi connectivity index (χ0) is 24.7. The van der Waals surface area contributed by atoms with Gasteiger partial charge >= 0.3 is 11.2 Å². The van der Waals surface area contributed by atoms with E-state index < -0.39 is 10.4 Å². The minimum Gasteiger partial charge on any atom is -0.364 e. The molecule has 1 aliphatic rings. The molecule has 2 N–H and O–H groups in total. The van der Waals surface area contributed by atoms with Crippen LogP contribution in [-0.2, 0) is 6.54 Å². The van der Waals surface area contributed by atoms with Gasteiger partial charge < -0.3 is 15.5 Å². The van der Waals surface area contributed by atoms with E-state index in [1.807, 2.05) is 0 Å². The van der Waals surface area contributed by atoms with Crippen molar-refractivity contribution in [2.45, 2.75) is 42.6 Å². The summed E-state index contributed by atoms with van der Waals surface area (Å²) in [6.45, 7) is 1.68. The first-order valence-electron chi connectivity index (χ1n) is 11.1. The second-order valence-electron chi connectivity index (χ2n) is 8.72. The van der Waals surface area contributed by atoms with E-state index in [9.17, 15) is 23.3 Å². The van der Waals surface area contributed by atoms with Gasteiger partial charge in [0.1, 0.15) is 6.20 Å². The molecule has 0 bridgehead atoms. The second-order valence-corrected chi connectivity index (χ2v) is 9.83. The van der Waals surface area contributed by atoms with Crippen molar-refractivity contribution in [3.8, 4) is 0 Å². The summed E-state index contributed by atoms with van der Waals surface area (Å²) < 4.78 is 38.4. The molecule has 2 aromatic rings. The third-order valence-corrected chi connectivity index (χ3v) is 6.60. The van der Waals surface area contributed by atoms with Crippen LogP contribution in [0, 0.1) is 22.0 Å². The van der Waals surface area contributed by atoms with Crippen molar-refractivity contribution < 1.29 is 18.1 Å². The van der Waals surface area contributed by atoms with E-state index >= 15 is 0 Å². The Morgan fingerprint density at radius 2 is 1.82 bits per heavy atom. The summed E-state index contributed by atoms with van der Waals surface area (Å²) in [5.41, 5.74) is -4.21. The smallest absolute Gasteiger partial charge is 0.364 e. The minimum atomic E-state index is -4.40. The molecule has 1 aromatic carbocycles. The fourth-order valence-electron chi connectivity index (χ4n) is 4.15. The molecular formula is C22H29F3N6O2S. The van der Waals surface area contributed by atoms with Crippen molar-refractivity contribution in [1.82, 2.24) is 14.9 Å². The summed E-state index contributed by atoms with van der Waals surface area (Å²) >= 11 is -0.186. The van der Waals surface area contributed by atoms with E-state index in [0.29, 0.717) is 23.9 Å². The van der Waals surface area contributed by atoms with Gasteiger partial charge in [-0.05, 0) is 75.0 Å². The first-order chi connectivity index (χ1) is 16.1. The highest BCUT2D eigenvalue weighted by molar-refractivity contribution is 8.00. The highest BCUT2D eigenvalue weighted by Gasteiger charge is 2.30. The maximum absolute atomic E-state index is 12.8. The van der Waals surface area contributed by atoms with Gasteiger partial charge in [-0.3, -0.25) is 10.1 Å². The van der Waals surface area contributed by atoms with Gasteiger partial charge in [-0.2, -0.15) is 18.2 Å². The van der Waals surface area contributed by atoms with E-state index in [1.165, 1.54) is 12.1 Å². The molecule has 34 heavy (non-hydrogen) atoms. The van der Waals surface area contributed by atoms with Crippen LogP contribution in [0.4, 0.5) is 30.6 Å². The van der Waals surface area contributed by atoms with Crippen molar-refractivity contribution in [1.29, 1.82) is 0 Å². The van der Waals surface area contributed by atoms with Crippen LogP contribution in [0.25, 0.3) is 0 Å². The summed E-state index contributed by atoms with van der Waals surface area (Å²) in [4.78, 5) is 21.4. The van der Waals surface area contributed by atoms with Crippen molar-refractivity contribution in [3.05, 3.63) is 46.1 Å². The zero-order valence-corrected chi connectivity index (χ0v) is 20.0. The first-order valence-corrected chi connectivity index (χ1v) is 11.9. The van der Waals surface area contributed by atoms with E-state index in [0.717, 1.165) is 38.4 Å². The Hall–Kier alpha value is -2.60. The molecule has 0 unspecified atom stereocenters. The second kappa shape index (κ2) is 11.7. The minimum absolute atomic E-state index is 0.0480. The zero-order valence-electron chi connectivity index (χ0n) is 19.1. The molecule has 0 radical (unpaired) electrons. The number of nitrogens with zero attached hydrogens (tertiary/aromatic N) is 4. The Labute approximate surface area is 200 Å². The lowest BCUT2D eigenvalue weighted by Crippen LogP contribution is -2.28. The van der Waals surface area contributed by atoms with Crippen LogP contribution in [0.2, 0.25) is 0 Å². The number of rotatable bonds is 10. The summed E-state index contributed by atoms with van der Waals surface area (Å²) in [5.74, 6) is 1.29. The lowest BCUT2D eigenvalue weighted by Gasteiger charge is -2.30. The molecule has 12 heteroatoms. The molecular weight excluding hydrogens is 469 g/mol. The molecule has 0 spiro atoms. The van der Waals surface area contributed by atoms with Crippen molar-refractivity contribution in [3.63, 3.8) is 0 Å². The van der Waals surface area contributed by atoms with E-state index in [4.69, 9.17) is 0 Å². The highest BCUT2D eigenvalue weighted by atomic mass is 32.2.